The highest BCUT2D eigenvalue weighted by atomic mass is 35.5. The first-order valence-electron chi connectivity index (χ1n) is 9.08. The minimum Gasteiger partial charge on any atom is -0.350 e. The maximum absolute atomic E-state index is 13.0. The number of rotatable bonds is 4. The lowest BCUT2D eigenvalue weighted by atomic mass is 9.94. The first kappa shape index (κ1) is 21.2. The van der Waals surface area contributed by atoms with Gasteiger partial charge in [0.15, 0.2) is 0 Å². The standard InChI is InChI=1S/C18H27N3O3S.ClH/c1-14-10-11-19-13-16(14)20-18(22)17-9-5-6-12-21(17)25(23,24)15-7-3-2-4-8-15;/h2-4,7-8,14,16-17,19H,5-6,9-13H2,1H3,(H,20,22);1H. The number of benzene rings is 1. The van der Waals surface area contributed by atoms with Crippen LogP contribution in [0.15, 0.2) is 35.2 Å². The minimum absolute atomic E-state index is 0. The number of carbonyl (C=O) groups excluding carboxylic acids is 1. The number of halogens is 1. The van der Waals surface area contributed by atoms with E-state index in [2.05, 4.69) is 17.6 Å². The third-order valence-corrected chi connectivity index (χ3v) is 7.18. The van der Waals surface area contributed by atoms with Crippen LogP contribution in [0.3, 0.4) is 0 Å². The molecule has 146 valence electrons. The Balaban J connectivity index is 0.00000243. The number of piperidine rings is 2. The summed E-state index contributed by atoms with van der Waals surface area (Å²) in [5.41, 5.74) is 0. The highest BCUT2D eigenvalue weighted by molar-refractivity contribution is 7.89. The van der Waals surface area contributed by atoms with Crippen molar-refractivity contribution in [1.82, 2.24) is 14.9 Å². The Labute approximate surface area is 162 Å². The van der Waals surface area contributed by atoms with E-state index in [0.29, 0.717) is 18.9 Å². The van der Waals surface area contributed by atoms with Crippen molar-refractivity contribution >= 4 is 28.3 Å². The predicted molar refractivity (Wildman–Crippen MR) is 104 cm³/mol. The van der Waals surface area contributed by atoms with Gasteiger partial charge in [-0.05, 0) is 43.9 Å². The SMILES string of the molecule is CC1CCNCC1NC(=O)C1CCCCN1S(=O)(=O)c1ccccc1.Cl. The lowest BCUT2D eigenvalue weighted by Gasteiger charge is -2.36. The predicted octanol–water partition coefficient (Wildman–Crippen LogP) is 1.77. The van der Waals surface area contributed by atoms with Crippen molar-refractivity contribution in [3.8, 4) is 0 Å². The highest BCUT2D eigenvalue weighted by Crippen LogP contribution is 2.26. The van der Waals surface area contributed by atoms with Gasteiger partial charge in [-0.3, -0.25) is 4.79 Å². The van der Waals surface area contributed by atoms with Crippen LogP contribution in [0.5, 0.6) is 0 Å². The van der Waals surface area contributed by atoms with E-state index < -0.39 is 16.1 Å². The Kier molecular flexibility index (Phi) is 7.46. The molecule has 0 bridgehead atoms. The summed E-state index contributed by atoms with van der Waals surface area (Å²) in [4.78, 5) is 13.1. The molecule has 0 saturated carbocycles. The van der Waals surface area contributed by atoms with E-state index in [0.717, 1.165) is 32.4 Å². The van der Waals surface area contributed by atoms with E-state index in [9.17, 15) is 13.2 Å². The maximum atomic E-state index is 13.0. The molecule has 0 radical (unpaired) electrons. The zero-order chi connectivity index (χ0) is 17.9. The van der Waals surface area contributed by atoms with E-state index >= 15 is 0 Å². The molecule has 6 nitrogen and oxygen atoms in total. The monoisotopic (exact) mass is 401 g/mol. The summed E-state index contributed by atoms with van der Waals surface area (Å²) >= 11 is 0. The third kappa shape index (κ3) is 4.57. The van der Waals surface area contributed by atoms with Crippen molar-refractivity contribution in [3.05, 3.63) is 30.3 Å². The number of nitrogens with one attached hydrogen (secondary N) is 2. The van der Waals surface area contributed by atoms with Crippen molar-refractivity contribution in [3.63, 3.8) is 0 Å². The topological polar surface area (TPSA) is 78.5 Å². The zero-order valence-electron chi connectivity index (χ0n) is 15.1. The molecule has 0 spiro atoms. The molecule has 2 fully saturated rings. The molecular formula is C18H28ClN3O3S. The second-order valence-corrected chi connectivity index (χ2v) is 8.92. The first-order chi connectivity index (χ1) is 12.0. The summed E-state index contributed by atoms with van der Waals surface area (Å²) in [6.45, 7) is 4.23. The summed E-state index contributed by atoms with van der Waals surface area (Å²) in [5, 5.41) is 6.38. The smallest absolute Gasteiger partial charge is 0.243 e. The van der Waals surface area contributed by atoms with Crippen LogP contribution < -0.4 is 10.6 Å². The van der Waals surface area contributed by atoms with E-state index in [-0.39, 0.29) is 29.3 Å². The van der Waals surface area contributed by atoms with Crippen molar-refractivity contribution in [2.45, 2.75) is 49.6 Å². The van der Waals surface area contributed by atoms with Crippen LogP contribution in [-0.2, 0) is 14.8 Å². The molecule has 26 heavy (non-hydrogen) atoms. The number of sulfonamides is 1. The number of nitrogens with zero attached hydrogens (tertiary/aromatic N) is 1. The first-order valence-corrected chi connectivity index (χ1v) is 10.5. The van der Waals surface area contributed by atoms with Crippen molar-refractivity contribution in [1.29, 1.82) is 0 Å². The number of carbonyl (C=O) groups is 1. The van der Waals surface area contributed by atoms with Gasteiger partial charge in [-0.1, -0.05) is 31.5 Å². The molecule has 2 aliphatic heterocycles. The van der Waals surface area contributed by atoms with Crippen molar-refractivity contribution in [2.24, 2.45) is 5.92 Å². The lowest BCUT2D eigenvalue weighted by Crippen LogP contribution is -2.57. The summed E-state index contributed by atoms with van der Waals surface area (Å²) < 4.78 is 27.4. The molecule has 1 aromatic carbocycles. The number of hydrogen-bond acceptors (Lipinski definition) is 4. The Bertz CT molecular complexity index is 699. The Morgan fingerprint density at radius 1 is 1.19 bits per heavy atom. The molecule has 0 aliphatic carbocycles. The maximum Gasteiger partial charge on any atom is 0.243 e. The highest BCUT2D eigenvalue weighted by Gasteiger charge is 2.38. The molecule has 1 aromatic rings. The summed E-state index contributed by atoms with van der Waals surface area (Å²) in [6.07, 6.45) is 3.25. The van der Waals surface area contributed by atoms with Gasteiger partial charge in [-0.25, -0.2) is 8.42 Å². The van der Waals surface area contributed by atoms with E-state index in [1.54, 1.807) is 30.3 Å². The zero-order valence-corrected chi connectivity index (χ0v) is 16.7. The Morgan fingerprint density at radius 3 is 2.62 bits per heavy atom. The molecule has 3 atom stereocenters. The Hall–Kier alpha value is -1.15. The van der Waals surface area contributed by atoms with Crippen molar-refractivity contribution in [2.75, 3.05) is 19.6 Å². The molecule has 2 saturated heterocycles. The van der Waals surface area contributed by atoms with Crippen LogP contribution in [0.4, 0.5) is 0 Å². The second-order valence-electron chi connectivity index (χ2n) is 7.03. The van der Waals surface area contributed by atoms with E-state index in [1.165, 1.54) is 4.31 Å². The molecule has 3 rings (SSSR count). The van der Waals surface area contributed by atoms with Gasteiger partial charge in [0.05, 0.1) is 4.90 Å². The molecule has 2 aliphatic rings. The van der Waals surface area contributed by atoms with Gasteiger partial charge in [0, 0.05) is 19.1 Å². The molecule has 2 heterocycles. The largest absolute Gasteiger partial charge is 0.350 e. The number of hydrogen-bond donors (Lipinski definition) is 2. The van der Waals surface area contributed by atoms with Gasteiger partial charge in [-0.15, -0.1) is 12.4 Å². The lowest BCUT2D eigenvalue weighted by molar-refractivity contribution is -0.126. The molecule has 1 amide bonds. The fourth-order valence-electron chi connectivity index (χ4n) is 3.64. The second kappa shape index (κ2) is 9.17. The summed E-state index contributed by atoms with van der Waals surface area (Å²) in [7, 11) is -3.65. The molecule has 3 unspecified atom stereocenters. The number of amides is 1. The van der Waals surface area contributed by atoms with Crippen LogP contribution in [0.25, 0.3) is 0 Å². The van der Waals surface area contributed by atoms with Crippen molar-refractivity contribution < 1.29 is 13.2 Å². The minimum atomic E-state index is -3.65. The van der Waals surface area contributed by atoms with Crippen LogP contribution in [-0.4, -0.2) is 50.3 Å². The Morgan fingerprint density at radius 2 is 1.92 bits per heavy atom. The average Bonchev–Trinajstić information content (AvgIpc) is 2.64. The fraction of sp³-hybridized carbons (Fsp3) is 0.611. The molecular weight excluding hydrogens is 374 g/mol. The van der Waals surface area contributed by atoms with Gasteiger partial charge in [0.2, 0.25) is 15.9 Å². The summed E-state index contributed by atoms with van der Waals surface area (Å²) in [6, 6.07) is 7.83. The molecule has 2 N–H and O–H groups in total. The van der Waals surface area contributed by atoms with Crippen LogP contribution >= 0.6 is 12.4 Å². The average molecular weight is 402 g/mol. The van der Waals surface area contributed by atoms with Crippen LogP contribution in [0.2, 0.25) is 0 Å². The molecule has 0 aromatic heterocycles. The van der Waals surface area contributed by atoms with Gasteiger partial charge in [0.1, 0.15) is 6.04 Å². The van der Waals surface area contributed by atoms with Gasteiger partial charge >= 0.3 is 0 Å². The van der Waals surface area contributed by atoms with Gasteiger partial charge in [0.25, 0.3) is 0 Å². The van der Waals surface area contributed by atoms with Crippen LogP contribution in [0, 0.1) is 5.92 Å². The fourth-order valence-corrected chi connectivity index (χ4v) is 5.32. The van der Waals surface area contributed by atoms with Gasteiger partial charge < -0.3 is 10.6 Å². The van der Waals surface area contributed by atoms with E-state index in [1.807, 2.05) is 0 Å². The third-order valence-electron chi connectivity index (χ3n) is 5.26. The molecule has 8 heteroatoms. The normalized spacial score (nSPS) is 27.3. The van der Waals surface area contributed by atoms with Crippen LogP contribution in [0.1, 0.15) is 32.6 Å². The quantitative estimate of drug-likeness (QED) is 0.805. The van der Waals surface area contributed by atoms with E-state index in [4.69, 9.17) is 0 Å². The summed E-state index contributed by atoms with van der Waals surface area (Å²) in [5.74, 6) is 0.229. The van der Waals surface area contributed by atoms with Gasteiger partial charge in [-0.2, -0.15) is 4.31 Å².